The van der Waals surface area contributed by atoms with Gasteiger partial charge in [-0.3, -0.25) is 0 Å². The minimum absolute atomic E-state index is 0.776. The Labute approximate surface area is 113 Å². The third-order valence-electron chi connectivity index (χ3n) is 2.69. The maximum atomic E-state index is 5.84. The third kappa shape index (κ3) is 3.64. The van der Waals surface area contributed by atoms with Crippen LogP contribution in [0, 0.1) is 0 Å². The van der Waals surface area contributed by atoms with Gasteiger partial charge in [-0.15, -0.1) is 0 Å². The molecule has 2 heteroatoms. The highest BCUT2D eigenvalue weighted by molar-refractivity contribution is 6.30. The van der Waals surface area contributed by atoms with Crippen LogP contribution in [0.1, 0.15) is 11.1 Å². The minimum Gasteiger partial charge on any atom is -0.497 e. The number of allylic oxidation sites excluding steroid dienone is 1. The molecule has 0 amide bonds. The summed E-state index contributed by atoms with van der Waals surface area (Å²) in [5.41, 5.74) is 2.42. The summed E-state index contributed by atoms with van der Waals surface area (Å²) in [5.74, 6) is 0.879. The molecule has 0 aliphatic heterocycles. The lowest BCUT2D eigenvalue weighted by Gasteiger charge is -1.99. The lowest BCUT2D eigenvalue weighted by Crippen LogP contribution is -1.82. The molecule has 0 fully saturated rings. The molecule has 0 aliphatic rings. The number of hydrogen-bond acceptors (Lipinski definition) is 1. The molecule has 1 nitrogen and oxygen atoms in total. The Kier molecular flexibility index (Phi) is 4.43. The largest absolute Gasteiger partial charge is 0.497 e. The monoisotopic (exact) mass is 258 g/mol. The van der Waals surface area contributed by atoms with Crippen LogP contribution in [0.15, 0.2) is 54.6 Å². The molecular weight excluding hydrogens is 244 g/mol. The number of halogens is 1. The minimum atomic E-state index is 0.776. The Bertz CT molecular complexity index is 512. The van der Waals surface area contributed by atoms with Crippen LogP contribution in [0.5, 0.6) is 5.75 Å². The standard InChI is InChI=1S/C16H15ClO/c1-18-16-11-7-14(8-12-16)4-2-3-13-5-9-15(17)10-6-13/h2,4-12H,3H2,1H3/b4-2+. The van der Waals surface area contributed by atoms with E-state index in [1.54, 1.807) is 7.11 Å². The Hall–Kier alpha value is -1.73. The van der Waals surface area contributed by atoms with Crippen LogP contribution in [0.4, 0.5) is 0 Å². The Balaban J connectivity index is 1.96. The molecule has 2 aromatic rings. The highest BCUT2D eigenvalue weighted by Crippen LogP contribution is 2.13. The van der Waals surface area contributed by atoms with E-state index in [1.807, 2.05) is 48.5 Å². The lowest BCUT2D eigenvalue weighted by atomic mass is 10.1. The van der Waals surface area contributed by atoms with E-state index < -0.39 is 0 Å². The molecule has 0 unspecified atom stereocenters. The maximum absolute atomic E-state index is 5.84. The molecule has 0 radical (unpaired) electrons. The first-order valence-corrected chi connectivity index (χ1v) is 6.21. The molecular formula is C16H15ClO. The first-order valence-electron chi connectivity index (χ1n) is 5.83. The maximum Gasteiger partial charge on any atom is 0.118 e. The van der Waals surface area contributed by atoms with Crippen LogP contribution in [-0.4, -0.2) is 7.11 Å². The molecule has 0 bridgehead atoms. The quantitative estimate of drug-likeness (QED) is 0.779. The van der Waals surface area contributed by atoms with Crippen molar-refractivity contribution in [2.75, 3.05) is 7.11 Å². The van der Waals surface area contributed by atoms with E-state index in [1.165, 1.54) is 11.1 Å². The SMILES string of the molecule is COc1ccc(/C=C/Cc2ccc(Cl)cc2)cc1. The summed E-state index contributed by atoms with van der Waals surface area (Å²) in [4.78, 5) is 0. The van der Waals surface area contributed by atoms with Crippen molar-refractivity contribution in [2.45, 2.75) is 6.42 Å². The summed E-state index contributed by atoms with van der Waals surface area (Å²) in [5, 5.41) is 0.776. The fraction of sp³-hybridized carbons (Fsp3) is 0.125. The average Bonchev–Trinajstić information content (AvgIpc) is 2.42. The second kappa shape index (κ2) is 6.27. The summed E-state index contributed by atoms with van der Waals surface area (Å²) in [6.45, 7) is 0. The van der Waals surface area contributed by atoms with Crippen molar-refractivity contribution in [1.82, 2.24) is 0 Å². The number of benzene rings is 2. The first-order chi connectivity index (χ1) is 8.78. The zero-order chi connectivity index (χ0) is 12.8. The van der Waals surface area contributed by atoms with Crippen LogP contribution in [-0.2, 0) is 6.42 Å². The van der Waals surface area contributed by atoms with E-state index in [9.17, 15) is 0 Å². The smallest absolute Gasteiger partial charge is 0.118 e. The van der Waals surface area contributed by atoms with Crippen LogP contribution in [0.2, 0.25) is 5.02 Å². The first kappa shape index (κ1) is 12.7. The number of rotatable bonds is 4. The number of hydrogen-bond donors (Lipinski definition) is 0. The van der Waals surface area contributed by atoms with Crippen molar-refractivity contribution in [1.29, 1.82) is 0 Å². The molecule has 0 atom stereocenters. The predicted molar refractivity (Wildman–Crippen MR) is 77.2 cm³/mol. The van der Waals surface area contributed by atoms with Gasteiger partial charge in [0.15, 0.2) is 0 Å². The molecule has 0 spiro atoms. The molecule has 18 heavy (non-hydrogen) atoms. The van der Waals surface area contributed by atoms with Crippen LogP contribution < -0.4 is 4.74 Å². The van der Waals surface area contributed by atoms with Crippen LogP contribution in [0.25, 0.3) is 6.08 Å². The van der Waals surface area contributed by atoms with E-state index >= 15 is 0 Å². The topological polar surface area (TPSA) is 9.23 Å². The summed E-state index contributed by atoms with van der Waals surface area (Å²) < 4.78 is 5.12. The van der Waals surface area contributed by atoms with Crippen molar-refractivity contribution in [3.05, 3.63) is 70.8 Å². The van der Waals surface area contributed by atoms with Gasteiger partial charge in [0.2, 0.25) is 0 Å². The van der Waals surface area contributed by atoms with Crippen molar-refractivity contribution >= 4 is 17.7 Å². The lowest BCUT2D eigenvalue weighted by molar-refractivity contribution is 0.415. The normalized spacial score (nSPS) is 10.8. The van der Waals surface area contributed by atoms with E-state index in [4.69, 9.17) is 16.3 Å². The molecule has 0 saturated carbocycles. The van der Waals surface area contributed by atoms with Gasteiger partial charge in [0, 0.05) is 5.02 Å². The van der Waals surface area contributed by atoms with Gasteiger partial charge < -0.3 is 4.74 Å². The highest BCUT2D eigenvalue weighted by atomic mass is 35.5. The number of methoxy groups -OCH3 is 1. The van der Waals surface area contributed by atoms with Crippen molar-refractivity contribution in [3.8, 4) is 5.75 Å². The van der Waals surface area contributed by atoms with E-state index in [0.29, 0.717) is 0 Å². The summed E-state index contributed by atoms with van der Waals surface area (Å²) >= 11 is 5.84. The van der Waals surface area contributed by atoms with Crippen LogP contribution in [0.3, 0.4) is 0 Å². The highest BCUT2D eigenvalue weighted by Gasteiger charge is 1.92. The molecule has 0 aromatic heterocycles. The molecule has 92 valence electrons. The van der Waals surface area contributed by atoms with Gasteiger partial charge in [-0.05, 0) is 41.8 Å². The van der Waals surface area contributed by atoms with Gasteiger partial charge in [0.25, 0.3) is 0 Å². The van der Waals surface area contributed by atoms with Gasteiger partial charge in [-0.25, -0.2) is 0 Å². The van der Waals surface area contributed by atoms with Crippen LogP contribution >= 0.6 is 11.6 Å². The molecule has 0 aliphatic carbocycles. The summed E-state index contributed by atoms with van der Waals surface area (Å²) in [6.07, 6.45) is 5.16. The van der Waals surface area contributed by atoms with E-state index in [2.05, 4.69) is 12.2 Å². The summed E-state index contributed by atoms with van der Waals surface area (Å²) in [7, 11) is 1.67. The molecule has 0 N–H and O–H groups in total. The molecule has 2 rings (SSSR count). The zero-order valence-corrected chi connectivity index (χ0v) is 11.0. The Morgan fingerprint density at radius 2 is 1.67 bits per heavy atom. The Morgan fingerprint density at radius 3 is 2.28 bits per heavy atom. The van der Waals surface area contributed by atoms with Gasteiger partial charge >= 0.3 is 0 Å². The summed E-state index contributed by atoms with van der Waals surface area (Å²) in [6, 6.07) is 15.9. The Morgan fingerprint density at radius 1 is 1.00 bits per heavy atom. The molecule has 2 aromatic carbocycles. The van der Waals surface area contributed by atoms with Gasteiger partial charge in [-0.1, -0.05) is 48.0 Å². The third-order valence-corrected chi connectivity index (χ3v) is 2.94. The van der Waals surface area contributed by atoms with E-state index in [0.717, 1.165) is 17.2 Å². The zero-order valence-electron chi connectivity index (χ0n) is 10.3. The fourth-order valence-corrected chi connectivity index (χ4v) is 1.79. The van der Waals surface area contributed by atoms with Crippen molar-refractivity contribution in [3.63, 3.8) is 0 Å². The predicted octanol–water partition coefficient (Wildman–Crippen LogP) is 4.60. The van der Waals surface area contributed by atoms with Gasteiger partial charge in [-0.2, -0.15) is 0 Å². The second-order valence-electron chi connectivity index (χ2n) is 4.01. The van der Waals surface area contributed by atoms with Gasteiger partial charge in [0.05, 0.1) is 7.11 Å². The molecule has 0 heterocycles. The fourth-order valence-electron chi connectivity index (χ4n) is 1.67. The van der Waals surface area contributed by atoms with Crippen molar-refractivity contribution < 1.29 is 4.74 Å². The number of ether oxygens (including phenoxy) is 1. The van der Waals surface area contributed by atoms with Crippen molar-refractivity contribution in [2.24, 2.45) is 0 Å². The molecule has 0 saturated heterocycles. The van der Waals surface area contributed by atoms with Gasteiger partial charge in [0.1, 0.15) is 5.75 Å². The van der Waals surface area contributed by atoms with E-state index in [-0.39, 0.29) is 0 Å². The average molecular weight is 259 g/mol. The second-order valence-corrected chi connectivity index (χ2v) is 4.44.